The lowest BCUT2D eigenvalue weighted by atomic mass is 10.0. The molecular formula is C13H20N2O4S. The molecule has 0 fully saturated rings. The summed E-state index contributed by atoms with van der Waals surface area (Å²) in [6, 6.07) is 3.96. The number of rotatable bonds is 5. The molecule has 1 aromatic carbocycles. The molecular weight excluding hydrogens is 280 g/mol. The third-order valence-electron chi connectivity index (χ3n) is 3.01. The van der Waals surface area contributed by atoms with Gasteiger partial charge < -0.3 is 10.5 Å². The molecule has 0 heterocycles. The molecule has 0 aliphatic rings. The van der Waals surface area contributed by atoms with Crippen molar-refractivity contribution in [2.75, 3.05) is 12.8 Å². The summed E-state index contributed by atoms with van der Waals surface area (Å²) in [6.07, 6.45) is 0.631. The Hall–Kier alpha value is -1.60. The molecule has 3 N–H and O–H groups in total. The number of ether oxygens (including phenoxy) is 1. The largest absolute Gasteiger partial charge is 0.465 e. The number of carbonyl (C=O) groups excluding carboxylic acids is 1. The Morgan fingerprint density at radius 2 is 2.00 bits per heavy atom. The average Bonchev–Trinajstić information content (AvgIpc) is 2.36. The lowest BCUT2D eigenvalue weighted by molar-refractivity contribution is 0.0600. The van der Waals surface area contributed by atoms with E-state index in [9.17, 15) is 13.2 Å². The van der Waals surface area contributed by atoms with Crippen molar-refractivity contribution in [3.05, 3.63) is 23.8 Å². The SMILES string of the molecule is CCC(C)(C)NS(=O)(=O)c1ccc(C(=O)OC)cc1N. The van der Waals surface area contributed by atoms with Crippen LogP contribution in [0.25, 0.3) is 0 Å². The van der Waals surface area contributed by atoms with Crippen molar-refractivity contribution in [1.82, 2.24) is 4.72 Å². The molecule has 0 radical (unpaired) electrons. The summed E-state index contributed by atoms with van der Waals surface area (Å²) in [7, 11) is -2.49. The summed E-state index contributed by atoms with van der Waals surface area (Å²) in [6.45, 7) is 5.44. The number of methoxy groups -OCH3 is 1. The zero-order valence-corrected chi connectivity index (χ0v) is 12.9. The first-order chi connectivity index (χ1) is 9.13. The van der Waals surface area contributed by atoms with Crippen LogP contribution in [0.1, 0.15) is 37.6 Å². The normalized spacial score (nSPS) is 12.2. The summed E-state index contributed by atoms with van der Waals surface area (Å²) >= 11 is 0. The predicted molar refractivity (Wildman–Crippen MR) is 76.9 cm³/mol. The number of carbonyl (C=O) groups is 1. The van der Waals surface area contributed by atoms with E-state index in [1.807, 2.05) is 6.92 Å². The van der Waals surface area contributed by atoms with Gasteiger partial charge in [0.05, 0.1) is 18.4 Å². The van der Waals surface area contributed by atoms with Crippen LogP contribution in [-0.2, 0) is 14.8 Å². The second kappa shape index (κ2) is 5.80. The van der Waals surface area contributed by atoms with Crippen LogP contribution in [0.15, 0.2) is 23.1 Å². The number of anilines is 1. The number of sulfonamides is 1. The van der Waals surface area contributed by atoms with Crippen molar-refractivity contribution < 1.29 is 17.9 Å². The average molecular weight is 300 g/mol. The Labute approximate surface area is 119 Å². The molecule has 0 bridgehead atoms. The monoisotopic (exact) mass is 300 g/mol. The van der Waals surface area contributed by atoms with Crippen LogP contribution in [0.3, 0.4) is 0 Å². The van der Waals surface area contributed by atoms with Gasteiger partial charge in [-0.05, 0) is 38.5 Å². The van der Waals surface area contributed by atoms with Gasteiger partial charge >= 0.3 is 5.97 Å². The van der Waals surface area contributed by atoms with E-state index in [0.29, 0.717) is 6.42 Å². The maximum absolute atomic E-state index is 12.3. The number of nitrogens with two attached hydrogens (primary N) is 1. The summed E-state index contributed by atoms with van der Waals surface area (Å²) in [4.78, 5) is 11.3. The number of nitrogen functional groups attached to an aromatic ring is 1. The van der Waals surface area contributed by atoms with Gasteiger partial charge in [-0.15, -0.1) is 0 Å². The molecule has 0 aliphatic heterocycles. The van der Waals surface area contributed by atoms with Crippen molar-refractivity contribution in [3.8, 4) is 0 Å². The first-order valence-electron chi connectivity index (χ1n) is 6.15. The molecule has 0 amide bonds. The highest BCUT2D eigenvalue weighted by molar-refractivity contribution is 7.89. The van der Waals surface area contributed by atoms with Gasteiger partial charge in [0.15, 0.2) is 0 Å². The fraction of sp³-hybridized carbons (Fsp3) is 0.462. The Kier molecular flexibility index (Phi) is 4.77. The number of hydrogen-bond donors (Lipinski definition) is 2. The molecule has 0 unspecified atom stereocenters. The Bertz CT molecular complexity index is 609. The lowest BCUT2D eigenvalue weighted by Gasteiger charge is -2.24. The van der Waals surface area contributed by atoms with E-state index in [0.717, 1.165) is 0 Å². The van der Waals surface area contributed by atoms with E-state index in [4.69, 9.17) is 5.73 Å². The van der Waals surface area contributed by atoms with E-state index in [1.54, 1.807) is 13.8 Å². The minimum absolute atomic E-state index is 0.00676. The van der Waals surface area contributed by atoms with E-state index in [-0.39, 0.29) is 16.1 Å². The predicted octanol–water partition coefficient (Wildman–Crippen LogP) is 1.52. The zero-order chi connectivity index (χ0) is 15.6. The minimum atomic E-state index is -3.74. The first-order valence-corrected chi connectivity index (χ1v) is 7.63. The van der Waals surface area contributed by atoms with Gasteiger partial charge in [-0.3, -0.25) is 0 Å². The number of nitrogens with one attached hydrogen (secondary N) is 1. The number of esters is 1. The second-order valence-corrected chi connectivity index (χ2v) is 6.74. The topological polar surface area (TPSA) is 98.5 Å². The highest BCUT2D eigenvalue weighted by Crippen LogP contribution is 2.22. The van der Waals surface area contributed by atoms with Crippen LogP contribution >= 0.6 is 0 Å². The minimum Gasteiger partial charge on any atom is -0.465 e. The van der Waals surface area contributed by atoms with E-state index in [2.05, 4.69) is 9.46 Å². The van der Waals surface area contributed by atoms with E-state index >= 15 is 0 Å². The van der Waals surface area contributed by atoms with Crippen molar-refractivity contribution >= 4 is 21.7 Å². The van der Waals surface area contributed by atoms with Crippen molar-refractivity contribution in [2.45, 2.75) is 37.6 Å². The molecule has 1 aromatic rings. The zero-order valence-electron chi connectivity index (χ0n) is 12.1. The molecule has 0 saturated heterocycles. The van der Waals surface area contributed by atoms with Gasteiger partial charge in [0.25, 0.3) is 0 Å². The van der Waals surface area contributed by atoms with E-state index < -0.39 is 21.5 Å². The van der Waals surface area contributed by atoms with Gasteiger partial charge in [0.1, 0.15) is 4.90 Å². The lowest BCUT2D eigenvalue weighted by Crippen LogP contribution is -2.42. The molecule has 0 aromatic heterocycles. The summed E-state index contributed by atoms with van der Waals surface area (Å²) in [5.41, 5.74) is 5.37. The van der Waals surface area contributed by atoms with Crippen LogP contribution in [0.2, 0.25) is 0 Å². The molecule has 0 atom stereocenters. The summed E-state index contributed by atoms with van der Waals surface area (Å²) < 4.78 is 31.7. The second-order valence-electron chi connectivity index (χ2n) is 5.09. The van der Waals surface area contributed by atoms with Crippen molar-refractivity contribution in [1.29, 1.82) is 0 Å². The van der Waals surface area contributed by atoms with Crippen LogP contribution in [0.4, 0.5) is 5.69 Å². The third-order valence-corrected chi connectivity index (χ3v) is 4.79. The fourth-order valence-electron chi connectivity index (χ4n) is 1.53. The summed E-state index contributed by atoms with van der Waals surface area (Å²) in [5.74, 6) is -0.567. The Morgan fingerprint density at radius 1 is 1.40 bits per heavy atom. The van der Waals surface area contributed by atoms with E-state index in [1.165, 1.54) is 25.3 Å². The number of benzene rings is 1. The van der Waals surface area contributed by atoms with Gasteiger partial charge in [-0.25, -0.2) is 17.9 Å². The van der Waals surface area contributed by atoms with Gasteiger partial charge in [0.2, 0.25) is 10.0 Å². The highest BCUT2D eigenvalue weighted by atomic mass is 32.2. The Morgan fingerprint density at radius 3 is 2.45 bits per heavy atom. The summed E-state index contributed by atoms with van der Waals surface area (Å²) in [5, 5.41) is 0. The van der Waals surface area contributed by atoms with Crippen molar-refractivity contribution in [2.24, 2.45) is 0 Å². The maximum atomic E-state index is 12.3. The molecule has 0 spiro atoms. The smallest absolute Gasteiger partial charge is 0.337 e. The molecule has 6 nitrogen and oxygen atoms in total. The number of hydrogen-bond acceptors (Lipinski definition) is 5. The Balaban J connectivity index is 3.18. The first kappa shape index (κ1) is 16.5. The molecule has 1 rings (SSSR count). The standard InChI is InChI=1S/C13H20N2O4S/c1-5-13(2,3)15-20(17,18)11-7-6-9(8-10(11)14)12(16)19-4/h6-8,15H,5,14H2,1-4H3. The third kappa shape index (κ3) is 3.71. The van der Waals surface area contributed by atoms with Crippen LogP contribution in [0, 0.1) is 0 Å². The maximum Gasteiger partial charge on any atom is 0.337 e. The molecule has 112 valence electrons. The molecule has 0 saturated carbocycles. The fourth-order valence-corrected chi connectivity index (χ4v) is 3.13. The van der Waals surface area contributed by atoms with Gasteiger partial charge in [-0.2, -0.15) is 0 Å². The quantitative estimate of drug-likeness (QED) is 0.634. The van der Waals surface area contributed by atoms with Gasteiger partial charge in [0, 0.05) is 5.54 Å². The van der Waals surface area contributed by atoms with Crippen LogP contribution in [-0.4, -0.2) is 27.0 Å². The molecule has 0 aliphatic carbocycles. The van der Waals surface area contributed by atoms with Crippen LogP contribution in [0.5, 0.6) is 0 Å². The van der Waals surface area contributed by atoms with Gasteiger partial charge in [-0.1, -0.05) is 6.92 Å². The highest BCUT2D eigenvalue weighted by Gasteiger charge is 2.26. The van der Waals surface area contributed by atoms with Crippen LogP contribution < -0.4 is 10.5 Å². The molecule has 7 heteroatoms. The van der Waals surface area contributed by atoms with Crippen molar-refractivity contribution in [3.63, 3.8) is 0 Å². The molecule has 20 heavy (non-hydrogen) atoms.